The van der Waals surface area contributed by atoms with E-state index in [0.717, 1.165) is 0 Å². The number of hydrogen-bond acceptors (Lipinski definition) is 9. The fourth-order valence-electron chi connectivity index (χ4n) is 1.25. The largest absolute Gasteiger partial charge is 0.466 e. The van der Waals surface area contributed by atoms with Crippen LogP contribution in [-0.2, 0) is 43.0 Å². The summed E-state index contributed by atoms with van der Waals surface area (Å²) >= 11 is 0. The molecule has 0 fully saturated rings. The van der Waals surface area contributed by atoms with Gasteiger partial charge < -0.3 is 14.2 Å². The molecular weight excluding hydrogens is 387 g/mol. The second kappa shape index (κ2) is 23.0. The van der Waals surface area contributed by atoms with Crippen LogP contribution < -0.4 is 0 Å². The Morgan fingerprint density at radius 1 is 0.500 bits per heavy atom. The van der Waals surface area contributed by atoms with Crippen molar-refractivity contribution in [1.82, 2.24) is 0 Å². The molecule has 0 spiro atoms. The van der Waals surface area contributed by atoms with Crippen molar-refractivity contribution in [1.29, 1.82) is 0 Å². The van der Waals surface area contributed by atoms with Gasteiger partial charge in [-0.2, -0.15) is 0 Å². The number of carbonyl (C=O) groups is 6. The minimum atomic E-state index is -0.440. The summed E-state index contributed by atoms with van der Waals surface area (Å²) in [5, 5.41) is 0. The molecule has 3 radical (unpaired) electrons. The molecule has 0 heterocycles. The maximum absolute atomic E-state index is 10.4. The van der Waals surface area contributed by atoms with Crippen molar-refractivity contribution in [2.45, 2.75) is 60.8 Å². The first-order valence-electron chi connectivity index (χ1n) is 8.45. The third-order valence-corrected chi connectivity index (χ3v) is 2.10. The van der Waals surface area contributed by atoms with E-state index in [1.165, 1.54) is 20.8 Å². The van der Waals surface area contributed by atoms with E-state index in [4.69, 9.17) is 0 Å². The van der Waals surface area contributed by atoms with Crippen LogP contribution in [0, 0.1) is 0 Å². The molecule has 10 heteroatoms. The highest BCUT2D eigenvalue weighted by Crippen LogP contribution is 1.87. The lowest BCUT2D eigenvalue weighted by atomic mass is 10.3. The highest BCUT2D eigenvalue weighted by Gasteiger charge is 2.04. The summed E-state index contributed by atoms with van der Waals surface area (Å²) in [4.78, 5) is 61.9. The molecule has 0 atom stereocenters. The van der Waals surface area contributed by atoms with Crippen molar-refractivity contribution in [3.63, 3.8) is 0 Å². The molecule has 0 aromatic carbocycles. The van der Waals surface area contributed by atoms with Crippen LogP contribution in [0.2, 0.25) is 0 Å². The van der Waals surface area contributed by atoms with Crippen LogP contribution in [0.15, 0.2) is 0 Å². The first-order valence-corrected chi connectivity index (χ1v) is 8.45. The van der Waals surface area contributed by atoms with Crippen LogP contribution in [0.4, 0.5) is 0 Å². The Morgan fingerprint density at radius 2 is 0.679 bits per heavy atom. The molecule has 0 saturated heterocycles. The zero-order chi connectivity index (χ0) is 21.8. The molecule has 0 amide bonds. The zero-order valence-corrected chi connectivity index (χ0v) is 18.6. The molecule has 159 valence electrons. The predicted molar refractivity (Wildman–Crippen MR) is 102 cm³/mol. The van der Waals surface area contributed by atoms with Crippen molar-refractivity contribution >= 4 is 52.6 Å². The highest BCUT2D eigenvalue weighted by atomic mass is 27.0. The summed E-state index contributed by atoms with van der Waals surface area (Å²) < 4.78 is 13.5. The summed E-state index contributed by atoms with van der Waals surface area (Å²) in [5.41, 5.74) is 0. The molecule has 0 N–H and O–H groups in total. The Balaban J connectivity index is -0.000000152. The Bertz CT molecular complexity index is 430. The third-order valence-electron chi connectivity index (χ3n) is 2.10. The predicted octanol–water partition coefficient (Wildman–Crippen LogP) is 1.21. The average Bonchev–Trinajstić information content (AvgIpc) is 2.46. The van der Waals surface area contributed by atoms with Gasteiger partial charge in [0.1, 0.15) is 36.6 Å². The molecule has 0 aliphatic rings. The van der Waals surface area contributed by atoms with Crippen LogP contribution >= 0.6 is 0 Å². The smallest absolute Gasteiger partial charge is 0.313 e. The molecule has 0 aromatic heterocycles. The van der Waals surface area contributed by atoms with Crippen molar-refractivity contribution in [2.24, 2.45) is 0 Å². The van der Waals surface area contributed by atoms with Crippen molar-refractivity contribution < 1.29 is 43.0 Å². The van der Waals surface area contributed by atoms with E-state index in [1.54, 1.807) is 20.8 Å². The van der Waals surface area contributed by atoms with Crippen molar-refractivity contribution in [2.75, 3.05) is 19.8 Å². The fraction of sp³-hybridized carbons (Fsp3) is 0.667. The molecule has 0 rings (SSSR count). The van der Waals surface area contributed by atoms with Gasteiger partial charge in [-0.15, -0.1) is 0 Å². The number of carbonyl (C=O) groups excluding carboxylic acids is 6. The minimum absolute atomic E-state index is 0. The number of Topliss-reactive ketones (excluding diaryl/α,β-unsaturated/α-hetero) is 3. The molecule has 0 unspecified atom stereocenters. The molecule has 28 heavy (non-hydrogen) atoms. The Morgan fingerprint density at radius 3 is 0.786 bits per heavy atom. The van der Waals surface area contributed by atoms with E-state index in [2.05, 4.69) is 14.2 Å². The van der Waals surface area contributed by atoms with E-state index in [0.29, 0.717) is 19.8 Å². The molecule has 0 aromatic rings. The summed E-state index contributed by atoms with van der Waals surface area (Å²) in [7, 11) is 0. The first-order chi connectivity index (χ1) is 12.5. The van der Waals surface area contributed by atoms with Gasteiger partial charge in [0.25, 0.3) is 0 Å². The molecular formula is C18H30AlO9. The number of rotatable bonds is 9. The van der Waals surface area contributed by atoms with Gasteiger partial charge >= 0.3 is 17.9 Å². The topological polar surface area (TPSA) is 130 Å². The Labute approximate surface area is 176 Å². The summed E-state index contributed by atoms with van der Waals surface area (Å²) in [6, 6.07) is 0. The summed E-state index contributed by atoms with van der Waals surface area (Å²) in [5.74, 6) is -1.80. The van der Waals surface area contributed by atoms with Crippen molar-refractivity contribution in [3.05, 3.63) is 0 Å². The van der Waals surface area contributed by atoms with Gasteiger partial charge in [0, 0.05) is 17.4 Å². The SMILES string of the molecule is CCOC(=O)CC(C)=O.CCOC(=O)CC(C)=O.CCOC(=O)CC(C)=O.[Al]. The number of ketones is 3. The lowest BCUT2D eigenvalue weighted by Gasteiger charge is -1.96. The van der Waals surface area contributed by atoms with Crippen LogP contribution in [0.3, 0.4) is 0 Å². The second-order valence-electron chi connectivity index (χ2n) is 5.05. The summed E-state index contributed by atoms with van der Waals surface area (Å²) in [6.45, 7) is 10.2. The first kappa shape index (κ1) is 33.5. The fourth-order valence-corrected chi connectivity index (χ4v) is 1.25. The standard InChI is InChI=1S/3C6H10O3.Al/c3*1-3-9-6(8)4-5(2)7;/h3*3-4H2,1-2H3;. The van der Waals surface area contributed by atoms with Gasteiger partial charge in [0.05, 0.1) is 19.8 Å². The van der Waals surface area contributed by atoms with E-state index in [1.807, 2.05) is 0 Å². The zero-order valence-electron chi connectivity index (χ0n) is 17.5. The monoisotopic (exact) mass is 417 g/mol. The van der Waals surface area contributed by atoms with E-state index in [-0.39, 0.29) is 54.0 Å². The highest BCUT2D eigenvalue weighted by molar-refractivity contribution is 5.94. The van der Waals surface area contributed by atoms with E-state index in [9.17, 15) is 28.8 Å². The van der Waals surface area contributed by atoms with Crippen LogP contribution in [-0.4, -0.2) is 72.4 Å². The van der Waals surface area contributed by atoms with Gasteiger partial charge in [-0.25, -0.2) is 0 Å². The maximum Gasteiger partial charge on any atom is 0.313 e. The molecule has 0 aliphatic carbocycles. The van der Waals surface area contributed by atoms with Crippen molar-refractivity contribution in [3.8, 4) is 0 Å². The normalized spacial score (nSPS) is 8.36. The van der Waals surface area contributed by atoms with E-state index >= 15 is 0 Å². The quantitative estimate of drug-likeness (QED) is 0.235. The van der Waals surface area contributed by atoms with Gasteiger partial charge in [0.15, 0.2) is 0 Å². The molecule has 0 saturated carbocycles. The second-order valence-corrected chi connectivity index (χ2v) is 5.05. The van der Waals surface area contributed by atoms with Gasteiger partial charge in [0.2, 0.25) is 0 Å². The lowest BCUT2D eigenvalue weighted by Crippen LogP contribution is -2.07. The molecule has 0 bridgehead atoms. The molecule has 0 aliphatic heterocycles. The maximum atomic E-state index is 10.4. The van der Waals surface area contributed by atoms with Crippen LogP contribution in [0.25, 0.3) is 0 Å². The van der Waals surface area contributed by atoms with Gasteiger partial charge in [-0.05, 0) is 41.5 Å². The van der Waals surface area contributed by atoms with Gasteiger partial charge in [-0.3, -0.25) is 28.8 Å². The Kier molecular flexibility index (Phi) is 27.5. The third kappa shape index (κ3) is 35.1. The Hall–Kier alpha value is -2.05. The molecule has 9 nitrogen and oxygen atoms in total. The van der Waals surface area contributed by atoms with Gasteiger partial charge in [-0.1, -0.05) is 0 Å². The van der Waals surface area contributed by atoms with E-state index < -0.39 is 17.9 Å². The average molecular weight is 417 g/mol. The van der Waals surface area contributed by atoms with Crippen LogP contribution in [0.1, 0.15) is 60.8 Å². The number of esters is 3. The summed E-state index contributed by atoms with van der Waals surface area (Å²) in [6.07, 6.45) is -0.310. The number of ether oxygens (including phenoxy) is 3. The lowest BCUT2D eigenvalue weighted by molar-refractivity contribution is -0.146. The number of hydrogen-bond donors (Lipinski definition) is 0. The minimum Gasteiger partial charge on any atom is -0.466 e. The van der Waals surface area contributed by atoms with Crippen LogP contribution in [0.5, 0.6) is 0 Å².